The highest BCUT2D eigenvalue weighted by Gasteiger charge is 2.32. The number of anilines is 2. The molecule has 2 aliphatic heterocycles. The number of carbonyl (C=O) groups is 1. The number of aromatic nitrogens is 1. The molecule has 1 saturated heterocycles. The zero-order valence-electron chi connectivity index (χ0n) is 14.1. The van der Waals surface area contributed by atoms with Crippen LogP contribution in [-0.2, 0) is 4.79 Å². The van der Waals surface area contributed by atoms with E-state index in [1.165, 1.54) is 26.4 Å². The van der Waals surface area contributed by atoms with Gasteiger partial charge in [0.25, 0.3) is 0 Å². The molecule has 0 spiro atoms. The summed E-state index contributed by atoms with van der Waals surface area (Å²) in [6.07, 6.45) is 4.01. The van der Waals surface area contributed by atoms with Gasteiger partial charge in [-0.25, -0.2) is 4.98 Å². The van der Waals surface area contributed by atoms with Crippen LogP contribution in [-0.4, -0.2) is 36.2 Å². The molecule has 25 heavy (non-hydrogen) atoms. The Morgan fingerprint density at radius 2 is 2.12 bits per heavy atom. The van der Waals surface area contributed by atoms with Gasteiger partial charge in [-0.15, -0.1) is 0 Å². The van der Waals surface area contributed by atoms with Gasteiger partial charge >= 0.3 is 0 Å². The summed E-state index contributed by atoms with van der Waals surface area (Å²) in [5.74, 6) is 1.07. The Morgan fingerprint density at radius 1 is 1.32 bits per heavy atom. The topological polar surface area (TPSA) is 74.7 Å². The van der Waals surface area contributed by atoms with Crippen LogP contribution in [0.5, 0.6) is 11.5 Å². The first-order chi connectivity index (χ1) is 12.2. The maximum atomic E-state index is 12.2. The largest absolute Gasteiger partial charge is 0.504 e. The Bertz CT molecular complexity index is 799. The molecule has 2 aromatic rings. The lowest BCUT2D eigenvalue weighted by atomic mass is 9.91. The molecule has 1 unspecified atom stereocenters. The number of phenolic OH excluding ortho intramolecular Hbond substituents is 1. The number of phenols is 1. The first-order valence-corrected chi connectivity index (χ1v) is 9.40. The number of aromatic hydroxyl groups is 1. The average Bonchev–Trinajstić information content (AvgIpc) is 3.05. The van der Waals surface area contributed by atoms with Gasteiger partial charge in [-0.05, 0) is 37.0 Å². The molecule has 1 aromatic heterocycles. The monoisotopic (exact) mass is 359 g/mol. The first-order valence-electron chi connectivity index (χ1n) is 8.58. The number of carbonyl (C=O) groups excluding carboxylic acids is 1. The predicted octanol–water partition coefficient (Wildman–Crippen LogP) is 3.32. The third-order valence-electron chi connectivity index (χ3n) is 4.84. The van der Waals surface area contributed by atoms with E-state index in [1.54, 1.807) is 23.5 Å². The molecule has 0 bridgehead atoms. The van der Waals surface area contributed by atoms with E-state index in [2.05, 4.69) is 15.2 Å². The SMILES string of the molecule is COc1ccc(C2CC(=O)Nc3nc(N4CCCCC4)sc32)cc1O. The van der Waals surface area contributed by atoms with Crippen molar-refractivity contribution in [3.05, 3.63) is 28.6 Å². The second kappa shape index (κ2) is 6.55. The standard InChI is InChI=1S/C18H21N3O3S/c1-24-14-6-5-11(9-13(14)22)12-10-15(23)19-17-16(12)25-18(20-17)21-7-3-2-4-8-21/h5-6,9,12,22H,2-4,7-8,10H2,1H3,(H,19,23). The van der Waals surface area contributed by atoms with E-state index in [1.807, 2.05) is 6.07 Å². The van der Waals surface area contributed by atoms with Gasteiger partial charge in [-0.2, -0.15) is 0 Å². The average molecular weight is 359 g/mol. The molecular formula is C18H21N3O3S. The number of fused-ring (bicyclic) bond motifs is 1. The molecule has 2 N–H and O–H groups in total. The zero-order chi connectivity index (χ0) is 17.4. The van der Waals surface area contributed by atoms with E-state index in [4.69, 9.17) is 4.74 Å². The van der Waals surface area contributed by atoms with Gasteiger partial charge < -0.3 is 20.1 Å². The summed E-state index contributed by atoms with van der Waals surface area (Å²) < 4.78 is 5.12. The molecule has 1 atom stereocenters. The highest BCUT2D eigenvalue weighted by Crippen LogP contribution is 2.44. The highest BCUT2D eigenvalue weighted by molar-refractivity contribution is 7.16. The number of ether oxygens (including phenoxy) is 1. The fraction of sp³-hybridized carbons (Fsp3) is 0.444. The minimum atomic E-state index is -0.0865. The van der Waals surface area contributed by atoms with Gasteiger partial charge in [-0.1, -0.05) is 17.4 Å². The number of piperidine rings is 1. The molecule has 1 fully saturated rings. The molecule has 0 aliphatic carbocycles. The van der Waals surface area contributed by atoms with Crippen LogP contribution >= 0.6 is 11.3 Å². The normalized spacial score (nSPS) is 20.1. The van der Waals surface area contributed by atoms with E-state index in [0.717, 1.165) is 28.7 Å². The van der Waals surface area contributed by atoms with Crippen molar-refractivity contribution in [3.63, 3.8) is 0 Å². The number of nitrogens with one attached hydrogen (secondary N) is 1. The molecular weight excluding hydrogens is 338 g/mol. The Morgan fingerprint density at radius 3 is 2.84 bits per heavy atom. The van der Waals surface area contributed by atoms with E-state index < -0.39 is 0 Å². The summed E-state index contributed by atoms with van der Waals surface area (Å²) in [5, 5.41) is 14.0. The number of hydrogen-bond donors (Lipinski definition) is 2. The Balaban J connectivity index is 1.70. The third kappa shape index (κ3) is 3.04. The fourth-order valence-corrected chi connectivity index (χ4v) is 4.72. The van der Waals surface area contributed by atoms with Gasteiger partial charge in [0.2, 0.25) is 5.91 Å². The number of nitrogens with zero attached hydrogens (tertiary/aromatic N) is 2. The summed E-state index contributed by atoms with van der Waals surface area (Å²) in [4.78, 5) is 20.2. The molecule has 1 aromatic carbocycles. The van der Waals surface area contributed by atoms with Gasteiger partial charge in [0, 0.05) is 25.4 Å². The van der Waals surface area contributed by atoms with Crippen LogP contribution in [0.15, 0.2) is 18.2 Å². The maximum absolute atomic E-state index is 12.2. The quantitative estimate of drug-likeness (QED) is 0.879. The number of rotatable bonds is 3. The molecule has 132 valence electrons. The summed E-state index contributed by atoms with van der Waals surface area (Å²) in [7, 11) is 1.52. The van der Waals surface area contributed by atoms with Gasteiger partial charge in [0.1, 0.15) is 5.82 Å². The van der Waals surface area contributed by atoms with Crippen LogP contribution in [0.1, 0.15) is 42.0 Å². The zero-order valence-corrected chi connectivity index (χ0v) is 14.9. The van der Waals surface area contributed by atoms with Gasteiger partial charge in [0.15, 0.2) is 16.6 Å². The number of hydrogen-bond acceptors (Lipinski definition) is 6. The lowest BCUT2D eigenvalue weighted by molar-refractivity contribution is -0.116. The molecule has 3 heterocycles. The van der Waals surface area contributed by atoms with E-state index in [-0.39, 0.29) is 17.6 Å². The van der Waals surface area contributed by atoms with E-state index >= 15 is 0 Å². The van der Waals surface area contributed by atoms with Gasteiger partial charge in [-0.3, -0.25) is 4.79 Å². The maximum Gasteiger partial charge on any atom is 0.226 e. The summed E-state index contributed by atoms with van der Waals surface area (Å²) in [6, 6.07) is 5.33. The number of methoxy groups -OCH3 is 1. The lowest BCUT2D eigenvalue weighted by Gasteiger charge is -2.25. The minimum absolute atomic E-state index is 0.0386. The molecule has 2 aliphatic rings. The van der Waals surface area contributed by atoms with Crippen molar-refractivity contribution < 1.29 is 14.6 Å². The van der Waals surface area contributed by atoms with Crippen molar-refractivity contribution in [2.45, 2.75) is 31.6 Å². The summed E-state index contributed by atoms with van der Waals surface area (Å²) in [5.41, 5.74) is 0.906. The first kappa shape index (κ1) is 16.2. The lowest BCUT2D eigenvalue weighted by Crippen LogP contribution is -2.29. The van der Waals surface area contributed by atoms with Crippen molar-refractivity contribution in [2.24, 2.45) is 0 Å². The van der Waals surface area contributed by atoms with Crippen LogP contribution in [0, 0.1) is 0 Å². The van der Waals surface area contributed by atoms with E-state index in [0.29, 0.717) is 18.0 Å². The van der Waals surface area contributed by atoms with Gasteiger partial charge in [0.05, 0.1) is 12.0 Å². The Hall–Kier alpha value is -2.28. The molecule has 1 amide bonds. The number of thiazole rings is 1. The van der Waals surface area contributed by atoms with E-state index in [9.17, 15) is 9.90 Å². The van der Waals surface area contributed by atoms with Crippen LogP contribution in [0.25, 0.3) is 0 Å². The summed E-state index contributed by atoms with van der Waals surface area (Å²) in [6.45, 7) is 2.04. The van der Waals surface area contributed by atoms with Crippen molar-refractivity contribution in [1.82, 2.24) is 4.98 Å². The fourth-order valence-electron chi connectivity index (χ4n) is 3.52. The second-order valence-corrected chi connectivity index (χ2v) is 7.50. The molecule has 0 saturated carbocycles. The van der Waals surface area contributed by atoms with Crippen molar-refractivity contribution >= 4 is 28.2 Å². The second-order valence-electron chi connectivity index (χ2n) is 6.49. The number of benzene rings is 1. The molecule has 4 rings (SSSR count). The van der Waals surface area contributed by atoms with Crippen molar-refractivity contribution in [2.75, 3.05) is 30.4 Å². The molecule has 6 nitrogen and oxygen atoms in total. The van der Waals surface area contributed by atoms with Crippen LogP contribution in [0.2, 0.25) is 0 Å². The minimum Gasteiger partial charge on any atom is -0.504 e. The van der Waals surface area contributed by atoms with Crippen molar-refractivity contribution in [1.29, 1.82) is 0 Å². The van der Waals surface area contributed by atoms with Crippen molar-refractivity contribution in [3.8, 4) is 11.5 Å². The van der Waals surface area contributed by atoms with Crippen LogP contribution in [0.4, 0.5) is 10.9 Å². The predicted molar refractivity (Wildman–Crippen MR) is 97.9 cm³/mol. The van der Waals surface area contributed by atoms with Crippen LogP contribution in [0.3, 0.4) is 0 Å². The summed E-state index contributed by atoms with van der Waals surface area (Å²) >= 11 is 1.65. The Labute approximate surface area is 150 Å². The highest BCUT2D eigenvalue weighted by atomic mass is 32.1. The smallest absolute Gasteiger partial charge is 0.226 e. The molecule has 0 radical (unpaired) electrons. The van der Waals surface area contributed by atoms with Crippen LogP contribution < -0.4 is 15.0 Å². The Kier molecular flexibility index (Phi) is 4.25. The number of amides is 1. The third-order valence-corrected chi connectivity index (χ3v) is 6.07. The molecule has 7 heteroatoms.